The molecular formula is C26H30FN5O2S. The summed E-state index contributed by atoms with van der Waals surface area (Å²) >= 11 is 0. The fourth-order valence-corrected chi connectivity index (χ4v) is 6.66. The molecule has 0 spiro atoms. The summed E-state index contributed by atoms with van der Waals surface area (Å²) in [7, 11) is -3.56. The minimum Gasteiger partial charge on any atom is -0.271 e. The molecule has 35 heavy (non-hydrogen) atoms. The average Bonchev–Trinajstić information content (AvgIpc) is 3.47. The Morgan fingerprint density at radius 3 is 2.60 bits per heavy atom. The van der Waals surface area contributed by atoms with Gasteiger partial charge in [-0.1, -0.05) is 13.8 Å². The van der Waals surface area contributed by atoms with Crippen LogP contribution in [0.5, 0.6) is 0 Å². The molecule has 5 rings (SSSR count). The topological polar surface area (TPSA) is 73.0 Å². The highest BCUT2D eigenvalue weighted by Gasteiger charge is 2.35. The van der Waals surface area contributed by atoms with Crippen molar-refractivity contribution >= 4 is 20.9 Å². The Hall–Kier alpha value is -3.04. The van der Waals surface area contributed by atoms with Gasteiger partial charge in [-0.2, -0.15) is 14.5 Å². The van der Waals surface area contributed by atoms with Gasteiger partial charge in [-0.15, -0.1) is 0 Å². The number of hydrogen-bond acceptors (Lipinski definition) is 4. The molecule has 0 aliphatic carbocycles. The molecule has 2 aromatic heterocycles. The van der Waals surface area contributed by atoms with E-state index in [1.807, 2.05) is 17.8 Å². The van der Waals surface area contributed by atoms with Crippen LogP contribution >= 0.6 is 0 Å². The molecule has 0 bridgehead atoms. The van der Waals surface area contributed by atoms with Crippen LogP contribution in [0, 0.1) is 18.7 Å². The van der Waals surface area contributed by atoms with E-state index in [1.165, 1.54) is 23.9 Å². The number of benzene rings is 2. The third kappa shape index (κ3) is 4.38. The number of rotatable bonds is 6. The van der Waals surface area contributed by atoms with Gasteiger partial charge in [0.15, 0.2) is 0 Å². The first-order valence-corrected chi connectivity index (χ1v) is 13.5. The van der Waals surface area contributed by atoms with E-state index in [0.29, 0.717) is 19.6 Å². The zero-order chi connectivity index (χ0) is 24.7. The van der Waals surface area contributed by atoms with Gasteiger partial charge in [0, 0.05) is 31.2 Å². The van der Waals surface area contributed by atoms with Crippen molar-refractivity contribution < 1.29 is 12.8 Å². The number of piperidine rings is 1. The van der Waals surface area contributed by atoms with Gasteiger partial charge in [-0.25, -0.2) is 17.5 Å². The van der Waals surface area contributed by atoms with Crippen LogP contribution in [-0.2, 0) is 16.6 Å². The number of aromatic nitrogens is 4. The summed E-state index contributed by atoms with van der Waals surface area (Å²) in [5.74, 6) is 0.135. The first kappa shape index (κ1) is 23.7. The second kappa shape index (κ2) is 9.20. The number of hydrogen-bond donors (Lipinski definition) is 0. The maximum Gasteiger partial charge on any atom is 0.246 e. The normalized spacial score (nSPS) is 19.4. The Bertz CT molecular complexity index is 1460. The molecule has 9 heteroatoms. The number of sulfonamides is 1. The molecule has 4 aromatic rings. The lowest BCUT2D eigenvalue weighted by Gasteiger charge is -2.36. The summed E-state index contributed by atoms with van der Waals surface area (Å²) in [6.45, 7) is 7.90. The van der Waals surface area contributed by atoms with Gasteiger partial charge in [0.1, 0.15) is 10.7 Å². The summed E-state index contributed by atoms with van der Waals surface area (Å²) in [5.41, 5.74) is 4.16. The van der Waals surface area contributed by atoms with Crippen LogP contribution in [0.25, 0.3) is 16.6 Å². The van der Waals surface area contributed by atoms with Gasteiger partial charge in [-0.05, 0) is 79.1 Å². The molecule has 0 N–H and O–H groups in total. The number of fused-ring (bicyclic) bond motifs is 1. The summed E-state index contributed by atoms with van der Waals surface area (Å²) in [6.07, 6.45) is 6.57. The van der Waals surface area contributed by atoms with Crippen LogP contribution in [0.2, 0.25) is 0 Å². The quantitative estimate of drug-likeness (QED) is 0.382. The fraction of sp³-hybridized carbons (Fsp3) is 0.385. The number of aryl methyl sites for hydroxylation is 2. The zero-order valence-corrected chi connectivity index (χ0v) is 21.0. The van der Waals surface area contributed by atoms with E-state index in [2.05, 4.69) is 36.2 Å². The van der Waals surface area contributed by atoms with Crippen LogP contribution in [-0.4, -0.2) is 45.4 Å². The number of halogens is 1. The van der Waals surface area contributed by atoms with Crippen molar-refractivity contribution in [2.24, 2.45) is 5.92 Å². The van der Waals surface area contributed by atoms with Crippen LogP contribution in [0.3, 0.4) is 0 Å². The van der Waals surface area contributed by atoms with E-state index >= 15 is 0 Å². The first-order valence-electron chi connectivity index (χ1n) is 12.0. The standard InChI is InChI=1S/C26H30FN5O2S/c1-4-10-30-17-23(15-28-30)35(33,34)31-11-9-24(19(3)16-31)25-13-20-14-29-32(26(20)12-18(25)2)22-7-5-21(27)6-8-22/h5-8,12-15,17,19,24H,4,9-11,16H2,1-3H3. The molecule has 1 saturated heterocycles. The highest BCUT2D eigenvalue weighted by molar-refractivity contribution is 7.89. The maximum atomic E-state index is 13.4. The molecule has 2 unspecified atom stereocenters. The lowest BCUT2D eigenvalue weighted by atomic mass is 9.80. The Balaban J connectivity index is 1.38. The summed E-state index contributed by atoms with van der Waals surface area (Å²) in [6, 6.07) is 10.6. The predicted molar refractivity (Wildman–Crippen MR) is 134 cm³/mol. The highest BCUT2D eigenvalue weighted by atomic mass is 32.2. The molecule has 0 radical (unpaired) electrons. The smallest absolute Gasteiger partial charge is 0.246 e. The lowest BCUT2D eigenvalue weighted by molar-refractivity contribution is 0.248. The van der Waals surface area contributed by atoms with Gasteiger partial charge in [0.05, 0.1) is 23.6 Å². The Kier molecular flexibility index (Phi) is 6.23. The molecule has 0 saturated carbocycles. The van der Waals surface area contributed by atoms with Crippen molar-refractivity contribution in [1.29, 1.82) is 0 Å². The summed E-state index contributed by atoms with van der Waals surface area (Å²) < 4.78 is 44.9. The molecule has 1 aliphatic heterocycles. The molecule has 2 aromatic carbocycles. The minimum atomic E-state index is -3.56. The lowest BCUT2D eigenvalue weighted by Crippen LogP contribution is -2.42. The monoisotopic (exact) mass is 495 g/mol. The molecule has 7 nitrogen and oxygen atoms in total. The molecule has 1 aliphatic rings. The summed E-state index contributed by atoms with van der Waals surface area (Å²) in [4.78, 5) is 0.266. The van der Waals surface area contributed by atoms with Gasteiger partial charge in [0.25, 0.3) is 0 Å². The van der Waals surface area contributed by atoms with Crippen molar-refractivity contribution in [3.8, 4) is 5.69 Å². The Morgan fingerprint density at radius 1 is 1.11 bits per heavy atom. The average molecular weight is 496 g/mol. The van der Waals surface area contributed by atoms with Crippen molar-refractivity contribution in [1.82, 2.24) is 23.9 Å². The van der Waals surface area contributed by atoms with Crippen molar-refractivity contribution in [3.05, 3.63) is 71.9 Å². The third-order valence-corrected chi connectivity index (χ3v) is 8.81. The summed E-state index contributed by atoms with van der Waals surface area (Å²) in [5, 5.41) is 9.75. The maximum absolute atomic E-state index is 13.4. The van der Waals surface area contributed by atoms with Gasteiger partial charge in [0.2, 0.25) is 10.0 Å². The fourth-order valence-electron chi connectivity index (χ4n) is 5.15. The van der Waals surface area contributed by atoms with Crippen molar-refractivity contribution in [2.45, 2.75) is 51.0 Å². The van der Waals surface area contributed by atoms with Crippen LogP contribution in [0.15, 0.2) is 59.9 Å². The molecule has 0 amide bonds. The van der Waals surface area contributed by atoms with Gasteiger partial charge in [-0.3, -0.25) is 4.68 Å². The third-order valence-electron chi connectivity index (χ3n) is 6.99. The van der Waals surface area contributed by atoms with E-state index in [4.69, 9.17) is 0 Å². The van der Waals surface area contributed by atoms with Crippen molar-refractivity contribution in [3.63, 3.8) is 0 Å². The molecule has 184 valence electrons. The second-order valence-electron chi connectivity index (χ2n) is 9.48. The molecule has 2 atom stereocenters. The van der Waals surface area contributed by atoms with Crippen LogP contribution < -0.4 is 0 Å². The Morgan fingerprint density at radius 2 is 1.89 bits per heavy atom. The van der Waals surface area contributed by atoms with E-state index in [9.17, 15) is 12.8 Å². The molecule has 3 heterocycles. The minimum absolute atomic E-state index is 0.160. The first-order chi connectivity index (χ1) is 16.8. The van der Waals surface area contributed by atoms with E-state index in [-0.39, 0.29) is 22.5 Å². The van der Waals surface area contributed by atoms with Crippen LogP contribution in [0.1, 0.15) is 43.7 Å². The van der Waals surface area contributed by atoms with E-state index in [0.717, 1.165) is 35.0 Å². The van der Waals surface area contributed by atoms with Gasteiger partial charge < -0.3 is 0 Å². The van der Waals surface area contributed by atoms with E-state index in [1.54, 1.807) is 27.3 Å². The van der Waals surface area contributed by atoms with Crippen LogP contribution in [0.4, 0.5) is 4.39 Å². The van der Waals surface area contributed by atoms with Crippen molar-refractivity contribution in [2.75, 3.05) is 13.1 Å². The number of nitrogens with zero attached hydrogens (tertiary/aromatic N) is 5. The van der Waals surface area contributed by atoms with Gasteiger partial charge >= 0.3 is 0 Å². The predicted octanol–water partition coefficient (Wildman–Crippen LogP) is 4.89. The van der Waals surface area contributed by atoms with E-state index < -0.39 is 10.0 Å². The molecule has 1 fully saturated rings. The highest BCUT2D eigenvalue weighted by Crippen LogP contribution is 2.38. The SMILES string of the molecule is CCCn1cc(S(=O)(=O)N2CCC(c3cc4cnn(-c5ccc(F)cc5)c4cc3C)C(C)C2)cn1. The zero-order valence-electron chi connectivity index (χ0n) is 20.2. The molecular weight excluding hydrogens is 465 g/mol. The largest absolute Gasteiger partial charge is 0.271 e. The second-order valence-corrected chi connectivity index (χ2v) is 11.4. The Labute approximate surface area is 205 Å².